The van der Waals surface area contributed by atoms with E-state index in [1.54, 1.807) is 0 Å². The molecule has 0 nitrogen and oxygen atoms in total. The average Bonchev–Trinajstić information content (AvgIpc) is 3.27. The summed E-state index contributed by atoms with van der Waals surface area (Å²) in [5, 5.41) is 7.15. The van der Waals surface area contributed by atoms with E-state index in [4.69, 9.17) is 6.58 Å². The Labute approximate surface area is 337 Å². The minimum absolute atomic E-state index is 0.979. The van der Waals surface area contributed by atoms with Gasteiger partial charge in [-0.15, -0.1) is 0 Å². The van der Waals surface area contributed by atoms with Gasteiger partial charge in [0.15, 0.2) is 0 Å². The summed E-state index contributed by atoms with van der Waals surface area (Å²) >= 11 is 0. The maximum atomic E-state index is 4.73. The van der Waals surface area contributed by atoms with Crippen LogP contribution >= 0.6 is 0 Å². The smallest absolute Gasteiger partial charge is 0.00205 e. The van der Waals surface area contributed by atoms with Crippen molar-refractivity contribution in [1.29, 1.82) is 0 Å². The first-order chi connectivity index (χ1) is 28.0. The van der Waals surface area contributed by atoms with Crippen LogP contribution in [-0.4, -0.2) is 0 Å². The third kappa shape index (κ3) is 6.60. The minimum atomic E-state index is 0.979. The summed E-state index contributed by atoms with van der Waals surface area (Å²) in [5.41, 5.74) is 15.6. The van der Waals surface area contributed by atoms with Gasteiger partial charge in [-0.3, -0.25) is 0 Å². The predicted molar refractivity (Wildman–Crippen MR) is 253 cm³/mol. The second-order valence-corrected chi connectivity index (χ2v) is 14.5. The van der Waals surface area contributed by atoms with Crippen LogP contribution in [0, 0.1) is 0 Å². The zero-order chi connectivity index (χ0) is 39.5. The molecule has 0 fully saturated rings. The number of allylic oxidation sites excluding steroid dienone is 5. The van der Waals surface area contributed by atoms with E-state index in [0.29, 0.717) is 0 Å². The minimum Gasteiger partial charge on any atom is -0.0984 e. The fourth-order valence-corrected chi connectivity index (χ4v) is 8.51. The molecule has 8 rings (SSSR count). The monoisotopic (exact) mass is 730 g/mol. The first-order valence-electron chi connectivity index (χ1n) is 19.7. The average molecular weight is 731 g/mol. The maximum absolute atomic E-state index is 4.73. The standard InChI is InChI=1S/C57H46/c1-7-11-13-22-38(5)39(6)53-48(10-4)55(51-29-20-21-30-52(51)57(53)41-24-14-12-15-25-41)43-34-32-42(33-35-43)54-46(8-2)47(9-3)56(50-28-19-18-27-49(50)54)45-36-31-40-23-16-17-26-44(40)37-45/h8-37H,2-4,6-7H2,1,5H3/b13-11-,38-22+. The van der Waals surface area contributed by atoms with Gasteiger partial charge >= 0.3 is 0 Å². The molecule has 0 bridgehead atoms. The molecule has 8 aromatic rings. The van der Waals surface area contributed by atoms with Crippen LogP contribution in [0.4, 0.5) is 0 Å². The summed E-state index contributed by atoms with van der Waals surface area (Å²) in [5.74, 6) is 0. The van der Waals surface area contributed by atoms with E-state index < -0.39 is 0 Å². The van der Waals surface area contributed by atoms with E-state index in [0.717, 1.165) is 73.2 Å². The molecule has 0 heteroatoms. The molecule has 0 amide bonds. The van der Waals surface area contributed by atoms with E-state index in [2.05, 4.69) is 197 Å². The van der Waals surface area contributed by atoms with Gasteiger partial charge in [0, 0.05) is 0 Å². The summed E-state index contributed by atoms with van der Waals surface area (Å²) in [6, 6.07) is 52.4. The van der Waals surface area contributed by atoms with Crippen molar-refractivity contribution in [2.24, 2.45) is 0 Å². The highest BCUT2D eigenvalue weighted by atomic mass is 14.3. The molecule has 0 aromatic heterocycles. The number of hydrogen-bond donors (Lipinski definition) is 0. The van der Waals surface area contributed by atoms with Crippen LogP contribution < -0.4 is 0 Å². The summed E-state index contributed by atoms with van der Waals surface area (Å²) in [6.07, 6.45) is 13.5. The van der Waals surface area contributed by atoms with E-state index in [-0.39, 0.29) is 0 Å². The van der Waals surface area contributed by atoms with Crippen LogP contribution in [0.2, 0.25) is 0 Å². The Hall–Kier alpha value is -7.02. The Bertz CT molecular complexity index is 2930. The van der Waals surface area contributed by atoms with Gasteiger partial charge in [0.2, 0.25) is 0 Å². The second kappa shape index (κ2) is 16.0. The molecule has 0 saturated heterocycles. The molecule has 0 spiro atoms. The Kier molecular flexibility index (Phi) is 10.4. The first-order valence-corrected chi connectivity index (χ1v) is 19.7. The third-order valence-electron chi connectivity index (χ3n) is 11.2. The van der Waals surface area contributed by atoms with Crippen LogP contribution in [-0.2, 0) is 0 Å². The van der Waals surface area contributed by atoms with Crippen LogP contribution in [0.5, 0.6) is 0 Å². The van der Waals surface area contributed by atoms with Gasteiger partial charge in [0.25, 0.3) is 0 Å². The van der Waals surface area contributed by atoms with E-state index in [1.807, 2.05) is 18.2 Å². The van der Waals surface area contributed by atoms with Gasteiger partial charge in [-0.05, 0) is 130 Å². The molecule has 0 atom stereocenters. The zero-order valence-corrected chi connectivity index (χ0v) is 32.9. The molecule has 0 unspecified atom stereocenters. The van der Waals surface area contributed by atoms with Crippen molar-refractivity contribution in [2.45, 2.75) is 20.3 Å². The fraction of sp³-hybridized carbons (Fsp3) is 0.0526. The number of benzene rings is 8. The van der Waals surface area contributed by atoms with E-state index in [1.165, 1.54) is 43.4 Å². The van der Waals surface area contributed by atoms with Gasteiger partial charge in [-0.1, -0.05) is 209 Å². The molecule has 0 aliphatic heterocycles. The lowest BCUT2D eigenvalue weighted by molar-refractivity contribution is 1.22. The van der Waals surface area contributed by atoms with Crippen molar-refractivity contribution in [1.82, 2.24) is 0 Å². The first kappa shape index (κ1) is 36.9. The molecule has 0 N–H and O–H groups in total. The van der Waals surface area contributed by atoms with Crippen LogP contribution in [0.15, 0.2) is 196 Å². The maximum Gasteiger partial charge on any atom is -0.00205 e. The number of rotatable bonds is 11. The molecule has 0 aliphatic carbocycles. The lowest BCUT2D eigenvalue weighted by Crippen LogP contribution is -2.00. The number of fused-ring (bicyclic) bond motifs is 3. The topological polar surface area (TPSA) is 0 Å². The van der Waals surface area contributed by atoms with Crippen molar-refractivity contribution in [3.63, 3.8) is 0 Å². The van der Waals surface area contributed by atoms with E-state index >= 15 is 0 Å². The Morgan fingerprint density at radius 1 is 0.474 bits per heavy atom. The van der Waals surface area contributed by atoms with Crippen molar-refractivity contribution < 1.29 is 0 Å². The lowest BCUT2D eigenvalue weighted by atomic mass is 9.79. The highest BCUT2D eigenvalue weighted by Crippen LogP contribution is 2.48. The Morgan fingerprint density at radius 2 is 0.912 bits per heavy atom. The molecule has 57 heavy (non-hydrogen) atoms. The summed E-state index contributed by atoms with van der Waals surface area (Å²) < 4.78 is 0. The summed E-state index contributed by atoms with van der Waals surface area (Å²) in [4.78, 5) is 0. The molecule has 0 aliphatic rings. The van der Waals surface area contributed by atoms with Crippen molar-refractivity contribution in [2.75, 3.05) is 0 Å². The third-order valence-corrected chi connectivity index (χ3v) is 11.2. The van der Waals surface area contributed by atoms with Gasteiger partial charge in [-0.25, -0.2) is 0 Å². The van der Waals surface area contributed by atoms with Gasteiger partial charge < -0.3 is 0 Å². The second-order valence-electron chi connectivity index (χ2n) is 14.5. The van der Waals surface area contributed by atoms with Crippen LogP contribution in [0.1, 0.15) is 42.5 Å². The summed E-state index contributed by atoms with van der Waals surface area (Å²) in [6.45, 7) is 22.2. The molecule has 0 saturated carbocycles. The number of hydrogen-bond acceptors (Lipinski definition) is 0. The van der Waals surface area contributed by atoms with Crippen molar-refractivity contribution in [3.05, 3.63) is 218 Å². The van der Waals surface area contributed by atoms with Crippen LogP contribution in [0.25, 0.3) is 101 Å². The predicted octanol–water partition coefficient (Wildman–Crippen LogP) is 16.7. The van der Waals surface area contributed by atoms with Gasteiger partial charge in [0.05, 0.1) is 0 Å². The fourth-order valence-electron chi connectivity index (χ4n) is 8.51. The molecule has 0 heterocycles. The normalized spacial score (nSPS) is 11.7. The Balaban J connectivity index is 1.36. The van der Waals surface area contributed by atoms with Crippen molar-refractivity contribution >= 4 is 56.1 Å². The highest BCUT2D eigenvalue weighted by Gasteiger charge is 2.23. The summed E-state index contributed by atoms with van der Waals surface area (Å²) in [7, 11) is 0. The molecule has 8 aromatic carbocycles. The van der Waals surface area contributed by atoms with Gasteiger partial charge in [0.1, 0.15) is 0 Å². The molecule has 274 valence electrons. The SMILES string of the molecule is C=Cc1c(C=C)c(-c2ccc3ccccc3c2)c2ccccc2c1-c1ccc(-c2c(C=C)c(C(=C)/C(C)=C/C=C\CC)c(-c3ccccc3)c3ccccc23)cc1. The Morgan fingerprint density at radius 3 is 1.46 bits per heavy atom. The van der Waals surface area contributed by atoms with Crippen molar-refractivity contribution in [3.8, 4) is 44.5 Å². The van der Waals surface area contributed by atoms with Gasteiger partial charge in [-0.2, -0.15) is 0 Å². The zero-order valence-electron chi connectivity index (χ0n) is 32.9. The quantitative estimate of drug-likeness (QED) is 0.116. The molecular formula is C57H46. The molecular weight excluding hydrogens is 685 g/mol. The van der Waals surface area contributed by atoms with Crippen LogP contribution in [0.3, 0.4) is 0 Å². The lowest BCUT2D eigenvalue weighted by Gasteiger charge is -2.24. The van der Waals surface area contributed by atoms with E-state index in [9.17, 15) is 0 Å². The highest BCUT2D eigenvalue weighted by molar-refractivity contribution is 6.15. The molecule has 0 radical (unpaired) electrons. The largest absolute Gasteiger partial charge is 0.0984 e.